The molecule has 1 aliphatic heterocycles. The van der Waals surface area contributed by atoms with Gasteiger partial charge in [-0.25, -0.2) is 13.8 Å². The minimum Gasteiger partial charge on any atom is -0.489 e. The van der Waals surface area contributed by atoms with Gasteiger partial charge < -0.3 is 4.74 Å². The van der Waals surface area contributed by atoms with Crippen LogP contribution in [-0.4, -0.2) is 62.5 Å². The van der Waals surface area contributed by atoms with Crippen LogP contribution in [0.4, 0.5) is 0 Å². The maximum Gasteiger partial charge on any atom is 0.254 e. The number of ether oxygens (including phenoxy) is 1. The van der Waals surface area contributed by atoms with E-state index in [1.54, 1.807) is 30.5 Å². The molecule has 0 aromatic heterocycles. The molecule has 0 aliphatic carbocycles. The van der Waals surface area contributed by atoms with Gasteiger partial charge in [0.2, 0.25) is 10.0 Å². The molecule has 8 nitrogen and oxygen atoms in total. The third kappa shape index (κ3) is 7.23. The van der Waals surface area contributed by atoms with Crippen LogP contribution in [0.15, 0.2) is 93.3 Å². The predicted octanol–water partition coefficient (Wildman–Crippen LogP) is 3.48. The summed E-state index contributed by atoms with van der Waals surface area (Å²) in [6.07, 6.45) is 1.57. The van der Waals surface area contributed by atoms with Crippen LogP contribution in [0.25, 0.3) is 0 Å². The molecule has 1 fully saturated rings. The summed E-state index contributed by atoms with van der Waals surface area (Å²) >= 11 is 3.32. The number of nitrogens with one attached hydrogen (secondary N) is 1. The standard InChI is InChI=1S/C26H27BrN4O4S/c27-23-9-11-25(12-10-23)36(33,34)31-15-13-30(14-16-31)19-26(32)29-28-18-22-7-4-8-24(17-22)35-20-21-5-2-1-3-6-21/h1-12,17-18H,13-16,19-20H2,(H,29,32). The Morgan fingerprint density at radius 2 is 1.69 bits per heavy atom. The number of hydrogen-bond acceptors (Lipinski definition) is 6. The quantitative estimate of drug-likeness (QED) is 0.314. The average Bonchev–Trinajstić information content (AvgIpc) is 2.89. The zero-order chi connectivity index (χ0) is 25.4. The summed E-state index contributed by atoms with van der Waals surface area (Å²) in [5.74, 6) is 0.456. The first-order valence-electron chi connectivity index (χ1n) is 11.5. The Morgan fingerprint density at radius 1 is 0.972 bits per heavy atom. The van der Waals surface area contributed by atoms with Crippen molar-refractivity contribution >= 4 is 38.1 Å². The largest absolute Gasteiger partial charge is 0.489 e. The molecule has 3 aromatic carbocycles. The van der Waals surface area contributed by atoms with Crippen molar-refractivity contribution in [2.24, 2.45) is 5.10 Å². The Labute approximate surface area is 219 Å². The number of halogens is 1. The Kier molecular flexibility index (Phi) is 8.87. The Bertz CT molecular complexity index is 1290. The second-order valence-corrected chi connectivity index (χ2v) is 11.1. The monoisotopic (exact) mass is 570 g/mol. The smallest absolute Gasteiger partial charge is 0.254 e. The highest BCUT2D eigenvalue weighted by atomic mass is 79.9. The van der Waals surface area contributed by atoms with Gasteiger partial charge in [0.25, 0.3) is 5.91 Å². The van der Waals surface area contributed by atoms with E-state index in [0.717, 1.165) is 15.6 Å². The molecule has 4 rings (SSSR count). The predicted molar refractivity (Wildman–Crippen MR) is 142 cm³/mol. The van der Waals surface area contributed by atoms with Gasteiger partial charge >= 0.3 is 0 Å². The highest BCUT2D eigenvalue weighted by molar-refractivity contribution is 9.10. The molecule has 0 saturated carbocycles. The number of amides is 1. The highest BCUT2D eigenvalue weighted by Gasteiger charge is 2.28. The maximum atomic E-state index is 12.8. The van der Waals surface area contributed by atoms with Gasteiger partial charge in [0.15, 0.2) is 0 Å². The lowest BCUT2D eigenvalue weighted by atomic mass is 10.2. The molecule has 0 radical (unpaired) electrons. The van der Waals surface area contributed by atoms with Crippen LogP contribution in [0.5, 0.6) is 5.75 Å². The third-order valence-corrected chi connectivity index (χ3v) is 8.10. The summed E-state index contributed by atoms with van der Waals surface area (Å²) in [7, 11) is -3.55. The van der Waals surface area contributed by atoms with Crippen LogP contribution >= 0.6 is 15.9 Å². The van der Waals surface area contributed by atoms with Gasteiger partial charge in [-0.1, -0.05) is 58.4 Å². The number of benzene rings is 3. The lowest BCUT2D eigenvalue weighted by molar-refractivity contribution is -0.122. The van der Waals surface area contributed by atoms with Crippen LogP contribution in [0, 0.1) is 0 Å². The lowest BCUT2D eigenvalue weighted by Crippen LogP contribution is -2.50. The van der Waals surface area contributed by atoms with E-state index in [4.69, 9.17) is 4.74 Å². The van der Waals surface area contributed by atoms with Crippen LogP contribution in [0.1, 0.15) is 11.1 Å². The van der Waals surface area contributed by atoms with Crippen molar-refractivity contribution in [2.45, 2.75) is 11.5 Å². The van der Waals surface area contributed by atoms with Gasteiger partial charge in [-0.15, -0.1) is 0 Å². The molecule has 0 atom stereocenters. The summed E-state index contributed by atoms with van der Waals surface area (Å²) in [5.41, 5.74) is 4.42. The number of carbonyl (C=O) groups is 1. The van der Waals surface area contributed by atoms with E-state index in [2.05, 4.69) is 26.5 Å². The van der Waals surface area contributed by atoms with E-state index in [0.29, 0.717) is 38.5 Å². The Hall–Kier alpha value is -3.05. The van der Waals surface area contributed by atoms with Gasteiger partial charge in [0.1, 0.15) is 12.4 Å². The number of nitrogens with zero attached hydrogens (tertiary/aromatic N) is 3. The van der Waals surface area contributed by atoms with Crippen molar-refractivity contribution in [2.75, 3.05) is 32.7 Å². The van der Waals surface area contributed by atoms with E-state index in [9.17, 15) is 13.2 Å². The van der Waals surface area contributed by atoms with Gasteiger partial charge in [0, 0.05) is 30.7 Å². The van der Waals surface area contributed by atoms with E-state index in [1.807, 2.05) is 59.5 Å². The molecular formula is C26H27BrN4O4S. The molecule has 1 saturated heterocycles. The number of hydrogen-bond donors (Lipinski definition) is 1. The molecule has 1 heterocycles. The molecule has 0 spiro atoms. The SMILES string of the molecule is O=C(CN1CCN(S(=O)(=O)c2ccc(Br)cc2)CC1)NN=Cc1cccc(OCc2ccccc2)c1. The van der Waals surface area contributed by atoms with Crippen molar-refractivity contribution in [3.63, 3.8) is 0 Å². The third-order valence-electron chi connectivity index (χ3n) is 5.66. The first kappa shape index (κ1) is 26.0. The molecule has 10 heteroatoms. The number of rotatable bonds is 9. The Balaban J connectivity index is 1.22. The lowest BCUT2D eigenvalue weighted by Gasteiger charge is -2.33. The fourth-order valence-corrected chi connectivity index (χ4v) is 5.41. The summed E-state index contributed by atoms with van der Waals surface area (Å²) < 4.78 is 33.8. The molecule has 1 aliphatic rings. The highest BCUT2D eigenvalue weighted by Crippen LogP contribution is 2.20. The Morgan fingerprint density at radius 3 is 2.42 bits per heavy atom. The normalized spacial score (nSPS) is 15.1. The zero-order valence-corrected chi connectivity index (χ0v) is 22.0. The van der Waals surface area contributed by atoms with E-state index < -0.39 is 10.0 Å². The summed E-state index contributed by atoms with van der Waals surface area (Å²) in [6, 6.07) is 24.0. The first-order valence-corrected chi connectivity index (χ1v) is 13.7. The topological polar surface area (TPSA) is 91.3 Å². The number of hydrazone groups is 1. The second-order valence-electron chi connectivity index (χ2n) is 8.27. The van der Waals surface area contributed by atoms with Crippen LogP contribution in [0.2, 0.25) is 0 Å². The summed E-state index contributed by atoms with van der Waals surface area (Å²) in [4.78, 5) is 14.5. The van der Waals surface area contributed by atoms with E-state index >= 15 is 0 Å². The minimum absolute atomic E-state index is 0.143. The number of carbonyl (C=O) groups excluding carboxylic acids is 1. The van der Waals surface area contributed by atoms with Crippen LogP contribution < -0.4 is 10.2 Å². The van der Waals surface area contributed by atoms with E-state index in [1.165, 1.54) is 4.31 Å². The number of piperazine rings is 1. The summed E-state index contributed by atoms with van der Waals surface area (Å²) in [6.45, 7) is 2.19. The van der Waals surface area contributed by atoms with Gasteiger partial charge in [0.05, 0.1) is 17.7 Å². The zero-order valence-electron chi connectivity index (χ0n) is 19.6. The number of sulfonamides is 1. The van der Waals surface area contributed by atoms with E-state index in [-0.39, 0.29) is 17.3 Å². The van der Waals surface area contributed by atoms with Crippen molar-refractivity contribution in [1.82, 2.24) is 14.6 Å². The van der Waals surface area contributed by atoms with Crippen molar-refractivity contribution in [3.05, 3.63) is 94.5 Å². The minimum atomic E-state index is -3.55. The van der Waals surface area contributed by atoms with Crippen LogP contribution in [0.3, 0.4) is 0 Å². The second kappa shape index (κ2) is 12.3. The van der Waals surface area contributed by atoms with Gasteiger partial charge in [-0.05, 0) is 47.5 Å². The van der Waals surface area contributed by atoms with Crippen LogP contribution in [-0.2, 0) is 21.4 Å². The fourth-order valence-electron chi connectivity index (χ4n) is 3.73. The average molecular weight is 571 g/mol. The van der Waals surface area contributed by atoms with Crippen molar-refractivity contribution in [3.8, 4) is 5.75 Å². The molecule has 36 heavy (non-hydrogen) atoms. The fraction of sp³-hybridized carbons (Fsp3) is 0.231. The molecule has 1 amide bonds. The summed E-state index contributed by atoms with van der Waals surface area (Å²) in [5, 5.41) is 4.05. The van der Waals surface area contributed by atoms with Gasteiger partial charge in [-0.2, -0.15) is 9.41 Å². The van der Waals surface area contributed by atoms with Crippen molar-refractivity contribution < 1.29 is 17.9 Å². The molecule has 188 valence electrons. The first-order chi connectivity index (χ1) is 17.4. The molecule has 0 unspecified atom stereocenters. The molecule has 0 bridgehead atoms. The molecular weight excluding hydrogens is 544 g/mol. The molecule has 3 aromatic rings. The molecule has 1 N–H and O–H groups in total. The maximum absolute atomic E-state index is 12.8. The van der Waals surface area contributed by atoms with Gasteiger partial charge in [-0.3, -0.25) is 9.69 Å². The van der Waals surface area contributed by atoms with Crippen molar-refractivity contribution in [1.29, 1.82) is 0 Å².